The number of nitrogens with two attached hydrogens (primary N) is 1. The van der Waals surface area contributed by atoms with Crippen LogP contribution in [0.1, 0.15) is 25.4 Å². The Balaban J connectivity index is 0.000000424. The molecule has 72 valence electrons. The molecule has 0 aliphatic carbocycles. The number of nitrogens with zero attached hydrogens (tertiary/aromatic N) is 2. The van der Waals surface area contributed by atoms with Gasteiger partial charge in [-0.1, -0.05) is 13.8 Å². The van der Waals surface area contributed by atoms with Gasteiger partial charge in [-0.15, -0.1) is 0 Å². The van der Waals surface area contributed by atoms with Crippen LogP contribution in [-0.2, 0) is 17.6 Å². The predicted molar refractivity (Wildman–Crippen MR) is 51.0 cm³/mol. The van der Waals surface area contributed by atoms with Crippen molar-refractivity contribution in [2.24, 2.45) is 5.73 Å². The first-order chi connectivity index (χ1) is 6.28. The quantitative estimate of drug-likeness (QED) is 0.683. The smallest absolute Gasteiger partial charge is 0.204 e. The van der Waals surface area contributed by atoms with Crippen molar-refractivity contribution in [3.8, 4) is 0 Å². The Hall–Kier alpha value is -1.45. The largest absolute Gasteiger partial charge is 0.372 e. The number of primary amides is 1. The third-order valence-corrected chi connectivity index (χ3v) is 1.44. The highest BCUT2D eigenvalue weighted by atomic mass is 16.1. The first-order valence-electron chi connectivity index (χ1n) is 4.24. The van der Waals surface area contributed by atoms with E-state index in [1.165, 1.54) is 0 Å². The highest BCUT2D eigenvalue weighted by Crippen LogP contribution is 1.95. The van der Waals surface area contributed by atoms with Crippen LogP contribution in [-0.4, -0.2) is 16.4 Å². The summed E-state index contributed by atoms with van der Waals surface area (Å²) < 4.78 is 0. The minimum atomic E-state index is 0.250. The fraction of sp³-hybridized carbons (Fsp3) is 0.444. The number of rotatable bonds is 2. The van der Waals surface area contributed by atoms with Gasteiger partial charge in [0.2, 0.25) is 6.41 Å². The first kappa shape index (κ1) is 11.6. The fourth-order valence-electron chi connectivity index (χ4n) is 0.808. The lowest BCUT2D eigenvalue weighted by Gasteiger charge is -1.96. The van der Waals surface area contributed by atoms with Crippen LogP contribution in [0.2, 0.25) is 0 Å². The van der Waals surface area contributed by atoms with Gasteiger partial charge in [-0.25, -0.2) is 9.97 Å². The molecule has 1 amide bonds. The number of hydrogen-bond donors (Lipinski definition) is 1. The summed E-state index contributed by atoms with van der Waals surface area (Å²) in [5.74, 6) is 0.944. The third-order valence-electron chi connectivity index (χ3n) is 1.44. The maximum absolute atomic E-state index is 8.58. The summed E-state index contributed by atoms with van der Waals surface area (Å²) >= 11 is 0. The molecule has 0 bridgehead atoms. The zero-order valence-corrected chi connectivity index (χ0v) is 8.03. The lowest BCUT2D eigenvalue weighted by Crippen LogP contribution is -1.95. The molecule has 0 aromatic carbocycles. The van der Waals surface area contributed by atoms with Crippen molar-refractivity contribution in [3.05, 3.63) is 23.8 Å². The van der Waals surface area contributed by atoms with E-state index >= 15 is 0 Å². The zero-order chi connectivity index (χ0) is 10.1. The number of amides is 1. The Morgan fingerprint density at radius 3 is 2.54 bits per heavy atom. The maximum atomic E-state index is 8.58. The van der Waals surface area contributed by atoms with Crippen LogP contribution >= 0.6 is 0 Å². The number of carbonyl (C=O) groups is 1. The van der Waals surface area contributed by atoms with Gasteiger partial charge >= 0.3 is 0 Å². The average Bonchev–Trinajstić information content (AvgIpc) is 2.19. The summed E-state index contributed by atoms with van der Waals surface area (Å²) in [6.07, 6.45) is 3.99. The summed E-state index contributed by atoms with van der Waals surface area (Å²) in [6.45, 7) is 4.16. The molecular weight excluding hydrogens is 166 g/mol. The van der Waals surface area contributed by atoms with E-state index in [0.717, 1.165) is 24.4 Å². The molecular formula is C9H15N3O. The normalized spacial score (nSPS) is 8.46. The Morgan fingerprint density at radius 1 is 1.46 bits per heavy atom. The molecule has 4 nitrogen and oxygen atoms in total. The van der Waals surface area contributed by atoms with Crippen LogP contribution in [0.5, 0.6) is 0 Å². The van der Waals surface area contributed by atoms with Crippen LogP contribution < -0.4 is 5.73 Å². The van der Waals surface area contributed by atoms with Crippen LogP contribution in [0.15, 0.2) is 12.3 Å². The molecule has 0 aliphatic rings. The Morgan fingerprint density at radius 2 is 2.08 bits per heavy atom. The minimum absolute atomic E-state index is 0.250. The van der Waals surface area contributed by atoms with Crippen LogP contribution in [0.25, 0.3) is 0 Å². The molecule has 0 saturated carbocycles. The van der Waals surface area contributed by atoms with E-state index in [9.17, 15) is 0 Å². The minimum Gasteiger partial charge on any atom is -0.372 e. The van der Waals surface area contributed by atoms with Gasteiger partial charge in [0, 0.05) is 18.3 Å². The van der Waals surface area contributed by atoms with Gasteiger partial charge in [-0.3, -0.25) is 4.79 Å². The van der Waals surface area contributed by atoms with Gasteiger partial charge in [0.25, 0.3) is 0 Å². The van der Waals surface area contributed by atoms with Crippen LogP contribution in [0.3, 0.4) is 0 Å². The van der Waals surface area contributed by atoms with Gasteiger partial charge in [0.05, 0.1) is 0 Å². The van der Waals surface area contributed by atoms with Crippen molar-refractivity contribution in [1.82, 2.24) is 9.97 Å². The van der Waals surface area contributed by atoms with E-state index in [-0.39, 0.29) is 6.41 Å². The Bertz CT molecular complexity index is 231. The summed E-state index contributed by atoms with van der Waals surface area (Å²) in [6, 6.07) is 1.96. The van der Waals surface area contributed by atoms with Crippen molar-refractivity contribution in [1.29, 1.82) is 0 Å². The van der Waals surface area contributed by atoms with Crippen molar-refractivity contribution in [2.75, 3.05) is 0 Å². The number of aryl methyl sites for hydroxylation is 2. The molecule has 0 spiro atoms. The molecule has 4 heteroatoms. The third kappa shape index (κ3) is 4.90. The molecule has 2 N–H and O–H groups in total. The zero-order valence-electron chi connectivity index (χ0n) is 8.03. The standard InChI is InChI=1S/C8H12N2.CH3NO/c1-3-7-5-6-9-8(4-2)10-7;2-1-3/h5-6H,3-4H2,1-2H3;1H,(H2,2,3). The second-order valence-corrected chi connectivity index (χ2v) is 2.31. The monoisotopic (exact) mass is 181 g/mol. The maximum Gasteiger partial charge on any atom is 0.204 e. The Labute approximate surface area is 78.2 Å². The van der Waals surface area contributed by atoms with Gasteiger partial charge in [0.15, 0.2) is 0 Å². The van der Waals surface area contributed by atoms with E-state index < -0.39 is 0 Å². The van der Waals surface area contributed by atoms with E-state index in [0.29, 0.717) is 0 Å². The second kappa shape index (κ2) is 7.21. The molecule has 13 heavy (non-hydrogen) atoms. The molecule has 0 aliphatic heterocycles. The van der Waals surface area contributed by atoms with Gasteiger partial charge in [-0.05, 0) is 12.5 Å². The van der Waals surface area contributed by atoms with Crippen molar-refractivity contribution in [3.63, 3.8) is 0 Å². The highest BCUT2D eigenvalue weighted by Gasteiger charge is 1.92. The summed E-state index contributed by atoms with van der Waals surface area (Å²) in [4.78, 5) is 17.0. The molecule has 0 atom stereocenters. The molecule has 0 unspecified atom stereocenters. The Kier molecular flexibility index (Phi) is 6.41. The number of aromatic nitrogens is 2. The van der Waals surface area contributed by atoms with Crippen molar-refractivity contribution < 1.29 is 4.79 Å². The molecule has 0 radical (unpaired) electrons. The van der Waals surface area contributed by atoms with Gasteiger partial charge < -0.3 is 5.73 Å². The topological polar surface area (TPSA) is 68.9 Å². The van der Waals surface area contributed by atoms with E-state index in [1.807, 2.05) is 12.3 Å². The molecule has 0 saturated heterocycles. The van der Waals surface area contributed by atoms with E-state index in [4.69, 9.17) is 4.79 Å². The second-order valence-electron chi connectivity index (χ2n) is 2.31. The van der Waals surface area contributed by atoms with Crippen LogP contribution in [0, 0.1) is 0 Å². The van der Waals surface area contributed by atoms with Crippen molar-refractivity contribution in [2.45, 2.75) is 26.7 Å². The molecule has 1 rings (SSSR count). The molecule has 0 fully saturated rings. The highest BCUT2D eigenvalue weighted by molar-refractivity contribution is 5.42. The fourth-order valence-corrected chi connectivity index (χ4v) is 0.808. The van der Waals surface area contributed by atoms with E-state index in [1.54, 1.807) is 0 Å². The lowest BCUT2D eigenvalue weighted by atomic mass is 10.3. The SMILES string of the molecule is CCc1ccnc(CC)n1.NC=O. The first-order valence-corrected chi connectivity index (χ1v) is 4.24. The number of carbonyl (C=O) groups excluding carboxylic acids is 1. The summed E-state index contributed by atoms with van der Waals surface area (Å²) in [7, 11) is 0. The van der Waals surface area contributed by atoms with Gasteiger partial charge in [-0.2, -0.15) is 0 Å². The van der Waals surface area contributed by atoms with Crippen LogP contribution in [0.4, 0.5) is 0 Å². The van der Waals surface area contributed by atoms with Gasteiger partial charge in [0.1, 0.15) is 5.82 Å². The lowest BCUT2D eigenvalue weighted by molar-refractivity contribution is -0.106. The van der Waals surface area contributed by atoms with Crippen molar-refractivity contribution >= 4 is 6.41 Å². The predicted octanol–water partition coefficient (Wildman–Crippen LogP) is 0.703. The van der Waals surface area contributed by atoms with E-state index in [2.05, 4.69) is 29.5 Å². The molecule has 1 aromatic heterocycles. The number of hydrogen-bond acceptors (Lipinski definition) is 3. The summed E-state index contributed by atoms with van der Waals surface area (Å²) in [5.41, 5.74) is 5.30. The molecule has 1 heterocycles. The molecule has 1 aromatic rings. The average molecular weight is 181 g/mol. The summed E-state index contributed by atoms with van der Waals surface area (Å²) in [5, 5.41) is 0.